The molecule has 4 rings (SSSR count). The second-order valence-corrected chi connectivity index (χ2v) is 8.89. The minimum Gasteiger partial charge on any atom is -0.495 e. The van der Waals surface area contributed by atoms with Crippen LogP contribution in [0, 0.1) is 12.8 Å². The van der Waals surface area contributed by atoms with Crippen molar-refractivity contribution in [3.63, 3.8) is 0 Å². The molecule has 1 aromatic heterocycles. The average Bonchev–Trinajstić information content (AvgIpc) is 2.80. The molecule has 2 aromatic rings. The molecule has 31 heavy (non-hydrogen) atoms. The van der Waals surface area contributed by atoms with Crippen molar-refractivity contribution in [3.05, 3.63) is 47.5 Å². The number of piperidine rings is 1. The summed E-state index contributed by atoms with van der Waals surface area (Å²) in [7, 11) is 1.59. The summed E-state index contributed by atoms with van der Waals surface area (Å²) in [5.41, 5.74) is 1.87. The number of para-hydroxylation sites is 2. The zero-order chi connectivity index (χ0) is 21.6. The van der Waals surface area contributed by atoms with Crippen LogP contribution < -0.4 is 10.1 Å². The second-order valence-electron chi connectivity index (χ2n) is 8.89. The van der Waals surface area contributed by atoms with Crippen LogP contribution in [0.4, 0.5) is 5.69 Å². The molecule has 1 saturated carbocycles. The molecule has 0 spiro atoms. The summed E-state index contributed by atoms with van der Waals surface area (Å²) in [6, 6.07) is 7.66. The highest BCUT2D eigenvalue weighted by Crippen LogP contribution is 2.33. The Balaban J connectivity index is 1.48. The Morgan fingerprint density at radius 2 is 1.90 bits per heavy atom. The van der Waals surface area contributed by atoms with Crippen molar-refractivity contribution in [2.45, 2.75) is 64.3 Å². The molecule has 0 bridgehead atoms. The lowest BCUT2D eigenvalue weighted by Gasteiger charge is -2.38. The molecule has 6 nitrogen and oxygen atoms in total. The van der Waals surface area contributed by atoms with E-state index in [1.807, 2.05) is 31.2 Å². The summed E-state index contributed by atoms with van der Waals surface area (Å²) in [4.78, 5) is 24.9. The first-order valence-electron chi connectivity index (χ1n) is 11.7. The van der Waals surface area contributed by atoms with Crippen LogP contribution in [0.1, 0.15) is 79.3 Å². The normalized spacial score (nSPS) is 20.4. The number of rotatable bonds is 6. The lowest BCUT2D eigenvalue weighted by atomic mass is 9.87. The number of methoxy groups -OCH3 is 1. The monoisotopic (exact) mass is 422 g/mol. The molecule has 2 aliphatic rings. The summed E-state index contributed by atoms with van der Waals surface area (Å²) in [6.45, 7) is 4.18. The smallest absolute Gasteiger partial charge is 0.259 e. The molecule has 2 fully saturated rings. The minimum absolute atomic E-state index is 0.212. The number of aromatic nitrogens is 2. The predicted octanol–water partition coefficient (Wildman–Crippen LogP) is 5.15. The fourth-order valence-corrected chi connectivity index (χ4v) is 5.01. The van der Waals surface area contributed by atoms with Gasteiger partial charge in [0, 0.05) is 12.7 Å². The van der Waals surface area contributed by atoms with Gasteiger partial charge in [0.2, 0.25) is 0 Å². The van der Waals surface area contributed by atoms with E-state index >= 15 is 0 Å². The van der Waals surface area contributed by atoms with Crippen LogP contribution in [0.2, 0.25) is 0 Å². The molecule has 1 saturated heterocycles. The highest BCUT2D eigenvalue weighted by molar-refractivity contribution is 6.05. The van der Waals surface area contributed by atoms with E-state index in [4.69, 9.17) is 9.72 Å². The molecule has 166 valence electrons. The van der Waals surface area contributed by atoms with E-state index in [0.717, 1.165) is 36.9 Å². The quantitative estimate of drug-likeness (QED) is 0.697. The number of likely N-dealkylation sites (tertiary alicyclic amines) is 1. The minimum atomic E-state index is -0.212. The first kappa shape index (κ1) is 21.8. The van der Waals surface area contributed by atoms with Crippen molar-refractivity contribution < 1.29 is 9.53 Å². The summed E-state index contributed by atoms with van der Waals surface area (Å²) < 4.78 is 5.33. The van der Waals surface area contributed by atoms with Gasteiger partial charge in [-0.05, 0) is 57.2 Å². The predicted molar refractivity (Wildman–Crippen MR) is 122 cm³/mol. The number of hydrogen-bond acceptors (Lipinski definition) is 5. The highest BCUT2D eigenvalue weighted by atomic mass is 16.5. The molecule has 1 N–H and O–H groups in total. The third kappa shape index (κ3) is 5.24. The van der Waals surface area contributed by atoms with Gasteiger partial charge >= 0.3 is 0 Å². The molecule has 0 radical (unpaired) electrons. The summed E-state index contributed by atoms with van der Waals surface area (Å²) in [5, 5.41) is 2.93. The van der Waals surface area contributed by atoms with E-state index in [2.05, 4.69) is 15.2 Å². The molecule has 1 atom stereocenters. The van der Waals surface area contributed by atoms with Gasteiger partial charge in [0.05, 0.1) is 30.1 Å². The molecule has 1 aliphatic carbocycles. The number of hydrogen-bond donors (Lipinski definition) is 1. The molecule has 0 unspecified atom stereocenters. The van der Waals surface area contributed by atoms with Crippen molar-refractivity contribution in [1.29, 1.82) is 0 Å². The van der Waals surface area contributed by atoms with E-state index < -0.39 is 0 Å². The van der Waals surface area contributed by atoms with Gasteiger partial charge in [0.25, 0.3) is 5.91 Å². The van der Waals surface area contributed by atoms with Gasteiger partial charge in [0.15, 0.2) is 0 Å². The van der Waals surface area contributed by atoms with Gasteiger partial charge < -0.3 is 10.1 Å². The van der Waals surface area contributed by atoms with Gasteiger partial charge in [-0.15, -0.1) is 0 Å². The van der Waals surface area contributed by atoms with E-state index in [0.29, 0.717) is 17.0 Å². The van der Waals surface area contributed by atoms with Crippen LogP contribution in [0.15, 0.2) is 30.5 Å². The Kier molecular flexibility index (Phi) is 7.17. The number of anilines is 1. The van der Waals surface area contributed by atoms with Gasteiger partial charge in [-0.2, -0.15) is 0 Å². The number of carbonyl (C=O) groups is 1. The van der Waals surface area contributed by atoms with Crippen molar-refractivity contribution in [3.8, 4) is 5.75 Å². The van der Waals surface area contributed by atoms with Crippen LogP contribution in [0.3, 0.4) is 0 Å². The van der Waals surface area contributed by atoms with E-state index in [1.165, 1.54) is 44.9 Å². The van der Waals surface area contributed by atoms with E-state index in [9.17, 15) is 4.79 Å². The van der Waals surface area contributed by atoms with Gasteiger partial charge in [0.1, 0.15) is 11.6 Å². The van der Waals surface area contributed by atoms with Crippen LogP contribution in [-0.2, 0) is 0 Å². The Bertz CT molecular complexity index is 895. The van der Waals surface area contributed by atoms with Crippen molar-refractivity contribution >= 4 is 11.6 Å². The van der Waals surface area contributed by atoms with Crippen LogP contribution in [-0.4, -0.2) is 41.0 Å². The molecule has 2 heterocycles. The lowest BCUT2D eigenvalue weighted by Crippen LogP contribution is -2.38. The van der Waals surface area contributed by atoms with Gasteiger partial charge in [-0.1, -0.05) is 37.8 Å². The van der Waals surface area contributed by atoms with Crippen molar-refractivity contribution in [2.75, 3.05) is 25.5 Å². The van der Waals surface area contributed by atoms with Crippen molar-refractivity contribution in [2.24, 2.45) is 5.92 Å². The Labute approximate surface area is 185 Å². The fourth-order valence-electron chi connectivity index (χ4n) is 5.01. The standard InChI is InChI=1S/C25H34N4O2/c1-18-20(25(30)28-21-12-6-7-14-23(21)31-2)16-26-24(27-18)22-13-8-9-15-29(22)17-19-10-4-3-5-11-19/h6-7,12,14,16,19,22H,3-5,8-11,13,15,17H2,1-2H3,(H,28,30)/t22-/m1/s1. The molecule has 1 aromatic carbocycles. The van der Waals surface area contributed by atoms with Gasteiger partial charge in [-0.3, -0.25) is 9.69 Å². The fraction of sp³-hybridized carbons (Fsp3) is 0.560. The highest BCUT2D eigenvalue weighted by Gasteiger charge is 2.29. The number of aryl methyl sites for hydroxylation is 1. The summed E-state index contributed by atoms with van der Waals surface area (Å²) in [5.74, 6) is 2.09. The largest absolute Gasteiger partial charge is 0.495 e. The third-order valence-corrected chi connectivity index (χ3v) is 6.73. The Morgan fingerprint density at radius 1 is 1.13 bits per heavy atom. The number of benzene rings is 1. The SMILES string of the molecule is COc1ccccc1NC(=O)c1cnc([C@H]2CCCCN2CC2CCCCC2)nc1C. The summed E-state index contributed by atoms with van der Waals surface area (Å²) in [6.07, 6.45) is 12.1. The average molecular weight is 423 g/mol. The number of ether oxygens (including phenoxy) is 1. The number of amides is 1. The van der Waals surface area contributed by atoms with Gasteiger partial charge in [-0.25, -0.2) is 9.97 Å². The molecule has 1 aliphatic heterocycles. The maximum Gasteiger partial charge on any atom is 0.259 e. The maximum atomic E-state index is 12.9. The maximum absolute atomic E-state index is 12.9. The zero-order valence-corrected chi connectivity index (χ0v) is 18.8. The topological polar surface area (TPSA) is 67.3 Å². The first-order chi connectivity index (χ1) is 15.2. The van der Waals surface area contributed by atoms with Crippen LogP contribution in [0.25, 0.3) is 0 Å². The molecular formula is C25H34N4O2. The van der Waals surface area contributed by atoms with Crippen molar-refractivity contribution in [1.82, 2.24) is 14.9 Å². The number of nitrogens with one attached hydrogen (secondary N) is 1. The van der Waals surface area contributed by atoms with Crippen LogP contribution >= 0.6 is 0 Å². The number of carbonyl (C=O) groups excluding carboxylic acids is 1. The Hall–Kier alpha value is -2.47. The third-order valence-electron chi connectivity index (χ3n) is 6.73. The molecule has 6 heteroatoms. The Morgan fingerprint density at radius 3 is 2.68 bits per heavy atom. The first-order valence-corrected chi connectivity index (χ1v) is 11.7. The summed E-state index contributed by atoms with van der Waals surface area (Å²) >= 11 is 0. The lowest BCUT2D eigenvalue weighted by molar-refractivity contribution is 0.102. The molecular weight excluding hydrogens is 388 g/mol. The molecule has 1 amide bonds. The van der Waals surface area contributed by atoms with Crippen LogP contribution in [0.5, 0.6) is 5.75 Å². The second kappa shape index (κ2) is 10.2. The van der Waals surface area contributed by atoms with E-state index in [1.54, 1.807) is 13.3 Å². The number of nitrogens with zero attached hydrogens (tertiary/aromatic N) is 3. The van der Waals surface area contributed by atoms with E-state index in [-0.39, 0.29) is 11.9 Å². The zero-order valence-electron chi connectivity index (χ0n) is 18.8.